The van der Waals surface area contributed by atoms with Crippen LogP contribution in [0.2, 0.25) is 0 Å². The van der Waals surface area contributed by atoms with Crippen LogP contribution in [0.5, 0.6) is 0 Å². The first kappa shape index (κ1) is 18.0. The number of thiophene rings is 1. The summed E-state index contributed by atoms with van der Waals surface area (Å²) in [5.74, 6) is 1.07. The van der Waals surface area contributed by atoms with Crippen LogP contribution in [-0.4, -0.2) is 61.0 Å². The highest BCUT2D eigenvalue weighted by molar-refractivity contribution is 7.12. The van der Waals surface area contributed by atoms with Crippen LogP contribution in [0, 0.1) is 11.3 Å². The molecule has 0 atom stereocenters. The van der Waals surface area contributed by atoms with E-state index in [2.05, 4.69) is 4.90 Å². The van der Waals surface area contributed by atoms with Crippen molar-refractivity contribution in [2.45, 2.75) is 38.5 Å². The molecule has 1 aromatic heterocycles. The second-order valence-electron chi connectivity index (χ2n) is 8.10. The van der Waals surface area contributed by atoms with E-state index in [0.717, 1.165) is 76.4 Å². The van der Waals surface area contributed by atoms with Gasteiger partial charge in [-0.2, -0.15) is 0 Å². The van der Waals surface area contributed by atoms with Gasteiger partial charge >= 0.3 is 0 Å². The summed E-state index contributed by atoms with van der Waals surface area (Å²) in [4.78, 5) is 30.0. The van der Waals surface area contributed by atoms with Gasteiger partial charge in [-0.1, -0.05) is 6.07 Å². The molecule has 1 aromatic rings. The largest absolute Gasteiger partial charge is 0.381 e. The van der Waals surface area contributed by atoms with Crippen LogP contribution < -0.4 is 0 Å². The van der Waals surface area contributed by atoms with Crippen molar-refractivity contribution in [3.8, 4) is 0 Å². The summed E-state index contributed by atoms with van der Waals surface area (Å²) < 4.78 is 5.45. The van der Waals surface area contributed by atoms with Crippen molar-refractivity contribution >= 4 is 23.2 Å². The normalized spacial score (nSPS) is 24.2. The van der Waals surface area contributed by atoms with Crippen molar-refractivity contribution < 1.29 is 14.3 Å². The Kier molecular flexibility index (Phi) is 5.32. The zero-order valence-electron chi connectivity index (χ0n) is 15.3. The zero-order chi connectivity index (χ0) is 18.0. The lowest BCUT2D eigenvalue weighted by atomic mass is 9.72. The van der Waals surface area contributed by atoms with E-state index in [0.29, 0.717) is 18.2 Å². The summed E-state index contributed by atoms with van der Waals surface area (Å²) in [5.41, 5.74) is 0.214. The van der Waals surface area contributed by atoms with Crippen molar-refractivity contribution in [2.75, 3.05) is 39.4 Å². The summed E-state index contributed by atoms with van der Waals surface area (Å²) in [7, 11) is 0. The van der Waals surface area contributed by atoms with Gasteiger partial charge in [-0.25, -0.2) is 0 Å². The van der Waals surface area contributed by atoms with Crippen LogP contribution in [0.4, 0.5) is 0 Å². The van der Waals surface area contributed by atoms with E-state index in [4.69, 9.17) is 4.74 Å². The molecule has 0 N–H and O–H groups in total. The molecule has 3 aliphatic rings. The van der Waals surface area contributed by atoms with E-state index in [9.17, 15) is 9.59 Å². The molecule has 0 saturated carbocycles. The van der Waals surface area contributed by atoms with Crippen molar-refractivity contribution in [1.29, 1.82) is 0 Å². The SMILES string of the molecule is O=C1CCC2(CCN(C(=O)c3cccs3)CC2)CN1CC1CCOCC1. The van der Waals surface area contributed by atoms with Crippen LogP contribution in [0.3, 0.4) is 0 Å². The smallest absolute Gasteiger partial charge is 0.263 e. The molecule has 4 heterocycles. The van der Waals surface area contributed by atoms with Gasteiger partial charge in [-0.3, -0.25) is 9.59 Å². The second kappa shape index (κ2) is 7.69. The van der Waals surface area contributed by atoms with Gasteiger partial charge < -0.3 is 14.5 Å². The fourth-order valence-electron chi connectivity index (χ4n) is 4.66. The highest BCUT2D eigenvalue weighted by Gasteiger charge is 2.42. The molecule has 3 fully saturated rings. The molecule has 0 bridgehead atoms. The molecule has 6 heteroatoms. The molecule has 2 amide bonds. The summed E-state index contributed by atoms with van der Waals surface area (Å²) in [6, 6.07) is 3.84. The van der Waals surface area contributed by atoms with Gasteiger partial charge in [0.2, 0.25) is 5.91 Å². The van der Waals surface area contributed by atoms with Crippen molar-refractivity contribution in [1.82, 2.24) is 9.80 Å². The van der Waals surface area contributed by atoms with E-state index in [1.54, 1.807) is 0 Å². The molecule has 142 valence electrons. The third-order valence-electron chi connectivity index (χ3n) is 6.41. The third kappa shape index (κ3) is 3.81. The minimum atomic E-state index is 0.167. The summed E-state index contributed by atoms with van der Waals surface area (Å²) in [5, 5.41) is 1.96. The predicted molar refractivity (Wildman–Crippen MR) is 101 cm³/mol. The molecular weight excluding hydrogens is 348 g/mol. The Hall–Kier alpha value is -1.40. The number of rotatable bonds is 3. The van der Waals surface area contributed by atoms with Gasteiger partial charge in [0.25, 0.3) is 5.91 Å². The number of piperidine rings is 2. The minimum absolute atomic E-state index is 0.167. The molecule has 3 saturated heterocycles. The molecule has 4 rings (SSSR count). The topological polar surface area (TPSA) is 49.9 Å². The average molecular weight is 377 g/mol. The lowest BCUT2D eigenvalue weighted by Crippen LogP contribution is -2.53. The molecule has 0 unspecified atom stereocenters. The van der Waals surface area contributed by atoms with Crippen LogP contribution >= 0.6 is 11.3 Å². The molecule has 0 radical (unpaired) electrons. The first-order chi connectivity index (χ1) is 12.7. The molecule has 0 aliphatic carbocycles. The minimum Gasteiger partial charge on any atom is -0.381 e. The van der Waals surface area contributed by atoms with Crippen LogP contribution in [-0.2, 0) is 9.53 Å². The average Bonchev–Trinajstić information content (AvgIpc) is 3.21. The highest BCUT2D eigenvalue weighted by atomic mass is 32.1. The van der Waals surface area contributed by atoms with Gasteiger partial charge in [0, 0.05) is 45.8 Å². The van der Waals surface area contributed by atoms with Crippen LogP contribution in [0.15, 0.2) is 17.5 Å². The first-order valence-electron chi connectivity index (χ1n) is 9.84. The molecular formula is C20H28N2O3S. The first-order valence-corrected chi connectivity index (χ1v) is 10.7. The Bertz CT molecular complexity index is 631. The van der Waals surface area contributed by atoms with Crippen molar-refractivity contribution in [3.63, 3.8) is 0 Å². The number of amides is 2. The van der Waals surface area contributed by atoms with E-state index >= 15 is 0 Å². The van der Waals surface area contributed by atoms with E-state index < -0.39 is 0 Å². The van der Waals surface area contributed by atoms with E-state index in [1.165, 1.54) is 11.3 Å². The number of likely N-dealkylation sites (tertiary alicyclic amines) is 2. The molecule has 0 aromatic carbocycles. The number of nitrogens with zero attached hydrogens (tertiary/aromatic N) is 2. The fraction of sp³-hybridized carbons (Fsp3) is 0.700. The maximum atomic E-state index is 12.6. The number of hydrogen-bond acceptors (Lipinski definition) is 4. The Balaban J connectivity index is 1.35. The third-order valence-corrected chi connectivity index (χ3v) is 7.27. The van der Waals surface area contributed by atoms with Gasteiger partial charge in [0.05, 0.1) is 4.88 Å². The lowest BCUT2D eigenvalue weighted by Gasteiger charge is -2.48. The standard InChI is InChI=1S/C20H28N2O3S/c23-18-3-6-20(15-22(18)14-16-4-11-25-12-5-16)7-9-21(10-8-20)19(24)17-2-1-13-26-17/h1-2,13,16H,3-12,14-15H2. The van der Waals surface area contributed by atoms with E-state index in [1.807, 2.05) is 22.4 Å². The number of hydrogen-bond donors (Lipinski definition) is 0. The second-order valence-corrected chi connectivity index (χ2v) is 9.05. The van der Waals surface area contributed by atoms with E-state index in [-0.39, 0.29) is 11.3 Å². The van der Waals surface area contributed by atoms with Crippen LogP contribution in [0.25, 0.3) is 0 Å². The van der Waals surface area contributed by atoms with Gasteiger partial charge in [-0.15, -0.1) is 11.3 Å². The number of carbonyl (C=O) groups excluding carboxylic acids is 2. The predicted octanol–water partition coefficient (Wildman–Crippen LogP) is 3.02. The van der Waals surface area contributed by atoms with Crippen molar-refractivity contribution in [3.05, 3.63) is 22.4 Å². The van der Waals surface area contributed by atoms with Crippen molar-refractivity contribution in [2.24, 2.45) is 11.3 Å². The maximum absolute atomic E-state index is 12.6. The summed E-state index contributed by atoms with van der Waals surface area (Å²) in [6.07, 6.45) is 5.82. The van der Waals surface area contributed by atoms with Gasteiger partial charge in [-0.05, 0) is 54.9 Å². The highest BCUT2D eigenvalue weighted by Crippen LogP contribution is 2.41. The number of ether oxygens (including phenoxy) is 1. The summed E-state index contributed by atoms with van der Waals surface area (Å²) in [6.45, 7) is 5.06. The Labute approximate surface area is 159 Å². The Morgan fingerprint density at radius 1 is 1.23 bits per heavy atom. The molecule has 1 spiro atoms. The molecule has 26 heavy (non-hydrogen) atoms. The monoisotopic (exact) mass is 376 g/mol. The molecule has 5 nitrogen and oxygen atoms in total. The fourth-order valence-corrected chi connectivity index (χ4v) is 5.35. The van der Waals surface area contributed by atoms with Gasteiger partial charge in [0.1, 0.15) is 0 Å². The molecule has 3 aliphatic heterocycles. The van der Waals surface area contributed by atoms with Crippen LogP contribution in [0.1, 0.15) is 48.2 Å². The van der Waals surface area contributed by atoms with Gasteiger partial charge in [0.15, 0.2) is 0 Å². The number of carbonyl (C=O) groups is 2. The Morgan fingerprint density at radius 3 is 2.69 bits per heavy atom. The maximum Gasteiger partial charge on any atom is 0.263 e. The Morgan fingerprint density at radius 2 is 2.00 bits per heavy atom. The summed E-state index contributed by atoms with van der Waals surface area (Å²) >= 11 is 1.52. The lowest BCUT2D eigenvalue weighted by molar-refractivity contribution is -0.140. The zero-order valence-corrected chi connectivity index (χ0v) is 16.1. The quantitative estimate of drug-likeness (QED) is 0.815.